The fourth-order valence-electron chi connectivity index (χ4n) is 3.43. The molecule has 0 bridgehead atoms. The van der Waals surface area contributed by atoms with Crippen LogP contribution < -0.4 is 0 Å². The number of fused-ring (bicyclic) bond motifs is 2. The van der Waals surface area contributed by atoms with Gasteiger partial charge in [0, 0.05) is 24.0 Å². The lowest BCUT2D eigenvalue weighted by molar-refractivity contribution is 0.0919. The largest absolute Gasteiger partial charge is 0.294 e. The molecule has 0 N–H and O–H groups in total. The maximum absolute atomic E-state index is 12.7. The molecule has 0 saturated heterocycles. The van der Waals surface area contributed by atoms with Crippen molar-refractivity contribution in [1.29, 1.82) is 0 Å². The Morgan fingerprint density at radius 2 is 0.885 bits per heavy atom. The SMILES string of the molecule is O=C(CCC(=O)c1cccc2ccccc12)c1cccc2ccccc12. The average Bonchev–Trinajstić information content (AvgIpc) is 2.71. The summed E-state index contributed by atoms with van der Waals surface area (Å²) in [5, 5.41) is 3.97. The zero-order valence-corrected chi connectivity index (χ0v) is 14.3. The van der Waals surface area contributed by atoms with Crippen LogP contribution in [0.4, 0.5) is 0 Å². The van der Waals surface area contributed by atoms with Gasteiger partial charge in [-0.1, -0.05) is 84.9 Å². The van der Waals surface area contributed by atoms with Crippen molar-refractivity contribution in [3.8, 4) is 0 Å². The third-order valence-electron chi connectivity index (χ3n) is 4.76. The Morgan fingerprint density at radius 1 is 0.500 bits per heavy atom. The first kappa shape index (κ1) is 16.2. The molecule has 0 unspecified atom stereocenters. The monoisotopic (exact) mass is 338 g/mol. The first-order chi connectivity index (χ1) is 12.7. The number of carbonyl (C=O) groups is 2. The van der Waals surface area contributed by atoms with Gasteiger partial charge in [0.2, 0.25) is 0 Å². The van der Waals surface area contributed by atoms with E-state index in [1.807, 2.05) is 84.9 Å². The van der Waals surface area contributed by atoms with Crippen LogP contribution in [0, 0.1) is 0 Å². The molecule has 0 spiro atoms. The van der Waals surface area contributed by atoms with Crippen LogP contribution in [0.1, 0.15) is 33.6 Å². The van der Waals surface area contributed by atoms with E-state index in [1.165, 1.54) is 0 Å². The van der Waals surface area contributed by atoms with E-state index in [-0.39, 0.29) is 24.4 Å². The van der Waals surface area contributed by atoms with Crippen LogP contribution in [-0.2, 0) is 0 Å². The van der Waals surface area contributed by atoms with Crippen molar-refractivity contribution in [2.24, 2.45) is 0 Å². The minimum atomic E-state index is 0.00962. The molecule has 0 amide bonds. The quantitative estimate of drug-likeness (QED) is 0.428. The smallest absolute Gasteiger partial charge is 0.163 e. The molecule has 0 aliphatic rings. The molecule has 2 nitrogen and oxygen atoms in total. The predicted octanol–water partition coefficient (Wildman–Crippen LogP) is 5.84. The Labute approximate surface area is 152 Å². The number of hydrogen-bond acceptors (Lipinski definition) is 2. The van der Waals surface area contributed by atoms with Gasteiger partial charge in [0.25, 0.3) is 0 Å². The fraction of sp³-hybridized carbons (Fsp3) is 0.0833. The van der Waals surface area contributed by atoms with Crippen molar-refractivity contribution in [2.45, 2.75) is 12.8 Å². The van der Waals surface area contributed by atoms with Gasteiger partial charge in [-0.3, -0.25) is 9.59 Å². The molecule has 26 heavy (non-hydrogen) atoms. The molecule has 2 heteroatoms. The Morgan fingerprint density at radius 3 is 1.35 bits per heavy atom. The Balaban J connectivity index is 1.56. The normalized spacial score (nSPS) is 10.9. The molecule has 4 aromatic carbocycles. The summed E-state index contributed by atoms with van der Waals surface area (Å²) >= 11 is 0. The minimum Gasteiger partial charge on any atom is -0.294 e. The summed E-state index contributed by atoms with van der Waals surface area (Å²) in [6.45, 7) is 0. The molecule has 0 aromatic heterocycles. The van der Waals surface area contributed by atoms with Gasteiger partial charge in [-0.05, 0) is 21.5 Å². The van der Waals surface area contributed by atoms with Gasteiger partial charge in [0.05, 0.1) is 0 Å². The summed E-state index contributed by atoms with van der Waals surface area (Å²) < 4.78 is 0. The van der Waals surface area contributed by atoms with Crippen LogP contribution in [0.5, 0.6) is 0 Å². The third-order valence-corrected chi connectivity index (χ3v) is 4.76. The standard InChI is InChI=1S/C24H18O2/c25-23(21-13-5-9-17-7-1-3-11-19(17)21)15-16-24(26)22-14-6-10-18-8-2-4-12-20(18)22/h1-14H,15-16H2. The van der Waals surface area contributed by atoms with E-state index in [1.54, 1.807) is 0 Å². The van der Waals surface area contributed by atoms with E-state index >= 15 is 0 Å². The second kappa shape index (κ2) is 6.93. The molecular formula is C24H18O2. The molecule has 4 aromatic rings. The number of rotatable bonds is 5. The van der Waals surface area contributed by atoms with Crippen LogP contribution in [0.25, 0.3) is 21.5 Å². The van der Waals surface area contributed by atoms with E-state index in [0.717, 1.165) is 21.5 Å². The highest BCUT2D eigenvalue weighted by molar-refractivity contribution is 6.12. The lowest BCUT2D eigenvalue weighted by Crippen LogP contribution is -2.06. The van der Waals surface area contributed by atoms with Crippen molar-refractivity contribution in [3.05, 3.63) is 96.1 Å². The predicted molar refractivity (Wildman–Crippen MR) is 106 cm³/mol. The van der Waals surface area contributed by atoms with E-state index in [2.05, 4.69) is 0 Å². The lowest BCUT2D eigenvalue weighted by Gasteiger charge is -2.07. The second-order valence-electron chi connectivity index (χ2n) is 6.40. The van der Waals surface area contributed by atoms with Crippen molar-refractivity contribution in [2.75, 3.05) is 0 Å². The summed E-state index contributed by atoms with van der Waals surface area (Å²) in [5.74, 6) is 0.0192. The molecule has 4 rings (SSSR count). The van der Waals surface area contributed by atoms with Gasteiger partial charge >= 0.3 is 0 Å². The van der Waals surface area contributed by atoms with E-state index in [4.69, 9.17) is 0 Å². The first-order valence-electron chi connectivity index (χ1n) is 8.76. The second-order valence-corrected chi connectivity index (χ2v) is 6.40. The van der Waals surface area contributed by atoms with Crippen LogP contribution in [0.2, 0.25) is 0 Å². The number of carbonyl (C=O) groups excluding carboxylic acids is 2. The maximum Gasteiger partial charge on any atom is 0.163 e. The highest BCUT2D eigenvalue weighted by atomic mass is 16.1. The van der Waals surface area contributed by atoms with Crippen molar-refractivity contribution in [1.82, 2.24) is 0 Å². The van der Waals surface area contributed by atoms with Crippen molar-refractivity contribution >= 4 is 33.1 Å². The highest BCUT2D eigenvalue weighted by Crippen LogP contribution is 2.23. The summed E-state index contributed by atoms with van der Waals surface area (Å²) in [7, 11) is 0. The number of benzene rings is 4. The maximum atomic E-state index is 12.7. The van der Waals surface area contributed by atoms with Crippen molar-refractivity contribution in [3.63, 3.8) is 0 Å². The molecule has 0 radical (unpaired) electrons. The summed E-state index contributed by atoms with van der Waals surface area (Å²) in [6.07, 6.45) is 0.437. The van der Waals surface area contributed by atoms with Gasteiger partial charge in [0.15, 0.2) is 11.6 Å². The van der Waals surface area contributed by atoms with Gasteiger partial charge in [-0.15, -0.1) is 0 Å². The number of ketones is 2. The lowest BCUT2D eigenvalue weighted by atomic mass is 9.95. The molecule has 126 valence electrons. The minimum absolute atomic E-state index is 0.00962. The van der Waals surface area contributed by atoms with Gasteiger partial charge in [-0.25, -0.2) is 0 Å². The molecule has 0 fully saturated rings. The average molecular weight is 338 g/mol. The Kier molecular flexibility index (Phi) is 4.32. The summed E-state index contributed by atoms with van der Waals surface area (Å²) in [5.41, 5.74) is 1.38. The molecule has 0 aliphatic carbocycles. The third kappa shape index (κ3) is 3.02. The highest BCUT2D eigenvalue weighted by Gasteiger charge is 2.14. The Bertz CT molecular complexity index is 1020. The van der Waals surface area contributed by atoms with E-state index in [0.29, 0.717) is 11.1 Å². The van der Waals surface area contributed by atoms with Crippen LogP contribution in [0.15, 0.2) is 84.9 Å². The fourth-order valence-corrected chi connectivity index (χ4v) is 3.43. The molecule has 0 atom stereocenters. The van der Waals surface area contributed by atoms with Crippen LogP contribution in [0.3, 0.4) is 0 Å². The molecule has 0 heterocycles. The zero-order chi connectivity index (χ0) is 17.9. The van der Waals surface area contributed by atoms with Crippen molar-refractivity contribution < 1.29 is 9.59 Å². The molecule has 0 saturated carbocycles. The zero-order valence-electron chi connectivity index (χ0n) is 14.3. The van der Waals surface area contributed by atoms with E-state index in [9.17, 15) is 9.59 Å². The van der Waals surface area contributed by atoms with Gasteiger partial charge in [0.1, 0.15) is 0 Å². The number of Topliss-reactive ketones (excluding diaryl/α,β-unsaturated/α-hetero) is 2. The first-order valence-corrected chi connectivity index (χ1v) is 8.76. The molecular weight excluding hydrogens is 320 g/mol. The molecule has 0 aliphatic heterocycles. The van der Waals surface area contributed by atoms with Crippen LogP contribution in [-0.4, -0.2) is 11.6 Å². The number of hydrogen-bond donors (Lipinski definition) is 0. The summed E-state index contributed by atoms with van der Waals surface area (Å²) in [4.78, 5) is 25.4. The van der Waals surface area contributed by atoms with Gasteiger partial charge < -0.3 is 0 Å². The van der Waals surface area contributed by atoms with Crippen LogP contribution >= 0.6 is 0 Å². The topological polar surface area (TPSA) is 34.1 Å². The summed E-state index contributed by atoms with van der Waals surface area (Å²) in [6, 6.07) is 27.1. The Hall–Kier alpha value is -3.26. The van der Waals surface area contributed by atoms with Gasteiger partial charge in [-0.2, -0.15) is 0 Å². The van der Waals surface area contributed by atoms with E-state index < -0.39 is 0 Å².